The van der Waals surface area contributed by atoms with Crippen LogP contribution in [0.2, 0.25) is 0 Å². The number of hydrogen-bond donors (Lipinski definition) is 2. The number of hydrogen-bond acceptors (Lipinski definition) is 2. The van der Waals surface area contributed by atoms with Gasteiger partial charge in [0.15, 0.2) is 0 Å². The van der Waals surface area contributed by atoms with Crippen molar-refractivity contribution in [2.45, 2.75) is 60.4 Å². The Morgan fingerprint density at radius 3 is 2.00 bits per heavy atom. The van der Waals surface area contributed by atoms with Gasteiger partial charge in [0.25, 0.3) is 0 Å². The summed E-state index contributed by atoms with van der Waals surface area (Å²) in [7, 11) is 1.94. The second-order valence-electron chi connectivity index (χ2n) is 7.59. The van der Waals surface area contributed by atoms with Crippen molar-refractivity contribution in [2.75, 3.05) is 7.05 Å². The Labute approximate surface area is 112 Å². The van der Waals surface area contributed by atoms with E-state index in [0.29, 0.717) is 5.76 Å². The Morgan fingerprint density at radius 2 is 1.67 bits per heavy atom. The minimum Gasteiger partial charge on any atom is -0.510 e. The molecule has 0 bridgehead atoms. The van der Waals surface area contributed by atoms with Crippen LogP contribution in [-0.4, -0.2) is 17.7 Å². The Balaban J connectivity index is 3.51. The summed E-state index contributed by atoms with van der Waals surface area (Å²) in [6, 6.07) is 0. The fourth-order valence-corrected chi connectivity index (χ4v) is 2.87. The van der Waals surface area contributed by atoms with Crippen LogP contribution in [0.1, 0.15) is 54.9 Å². The van der Waals surface area contributed by atoms with Crippen LogP contribution < -0.4 is 5.32 Å². The van der Waals surface area contributed by atoms with Gasteiger partial charge in [-0.1, -0.05) is 53.2 Å². The monoisotopic (exact) mass is 251 g/mol. The van der Waals surface area contributed by atoms with E-state index in [2.05, 4.69) is 59.9 Å². The molecule has 18 heavy (non-hydrogen) atoms. The first-order valence-corrected chi connectivity index (χ1v) is 6.76. The number of allylic oxidation sites excluding steroid dienone is 2. The van der Waals surface area contributed by atoms with Crippen LogP contribution in [0.25, 0.3) is 0 Å². The number of likely N-dealkylation sites (N-methyl/N-ethyl adjacent to an activating group) is 1. The molecule has 2 N–H and O–H groups in total. The van der Waals surface area contributed by atoms with E-state index in [1.54, 1.807) is 0 Å². The van der Waals surface area contributed by atoms with E-state index in [1.165, 1.54) is 5.57 Å². The molecule has 1 rings (SSSR count). The molecule has 0 saturated heterocycles. The molecule has 0 heterocycles. The minimum atomic E-state index is -0.367. The molecular formula is C16H29NO. The number of aliphatic hydroxyl groups excluding tert-OH is 1. The Morgan fingerprint density at radius 1 is 1.17 bits per heavy atom. The molecule has 0 fully saturated rings. The van der Waals surface area contributed by atoms with Gasteiger partial charge in [-0.05, 0) is 36.8 Å². The van der Waals surface area contributed by atoms with Gasteiger partial charge in [-0.25, -0.2) is 0 Å². The summed E-state index contributed by atoms with van der Waals surface area (Å²) >= 11 is 0. The largest absolute Gasteiger partial charge is 0.510 e. The summed E-state index contributed by atoms with van der Waals surface area (Å²) in [6.45, 7) is 15.1. The molecule has 2 nitrogen and oxygen atoms in total. The van der Waals surface area contributed by atoms with E-state index in [4.69, 9.17) is 0 Å². The van der Waals surface area contributed by atoms with Gasteiger partial charge in [-0.3, -0.25) is 0 Å². The lowest BCUT2D eigenvalue weighted by Gasteiger charge is -2.48. The van der Waals surface area contributed by atoms with Crippen molar-refractivity contribution >= 4 is 0 Å². The summed E-state index contributed by atoms with van der Waals surface area (Å²) in [5.74, 6) is 0.510. The van der Waals surface area contributed by atoms with Crippen molar-refractivity contribution < 1.29 is 5.11 Å². The lowest BCUT2D eigenvalue weighted by molar-refractivity contribution is 0.117. The molecule has 0 amide bonds. The highest BCUT2D eigenvalue weighted by Gasteiger charge is 2.48. The zero-order valence-corrected chi connectivity index (χ0v) is 13.2. The van der Waals surface area contributed by atoms with Crippen LogP contribution in [0.5, 0.6) is 0 Å². The van der Waals surface area contributed by atoms with E-state index >= 15 is 0 Å². The number of rotatable bonds is 1. The Hall–Kier alpha value is -0.760. The first-order valence-electron chi connectivity index (χ1n) is 6.76. The fraction of sp³-hybridized carbons (Fsp3) is 0.750. The van der Waals surface area contributed by atoms with Crippen molar-refractivity contribution in [3.8, 4) is 0 Å². The molecule has 0 aromatic carbocycles. The fourth-order valence-electron chi connectivity index (χ4n) is 2.87. The van der Waals surface area contributed by atoms with Crippen molar-refractivity contribution in [3.05, 3.63) is 23.0 Å². The summed E-state index contributed by atoms with van der Waals surface area (Å²) in [6.07, 6.45) is 3.01. The molecule has 1 aliphatic rings. The maximum absolute atomic E-state index is 10.8. The first kappa shape index (κ1) is 15.3. The molecular weight excluding hydrogens is 222 g/mol. The third-order valence-electron chi connectivity index (χ3n) is 4.11. The van der Waals surface area contributed by atoms with Gasteiger partial charge < -0.3 is 10.4 Å². The SMILES string of the molecule is CNC1(C(C)(C)C)CC(C)=CC(C(C)(C)C)=C1O. The van der Waals surface area contributed by atoms with Crippen LogP contribution in [-0.2, 0) is 0 Å². The standard InChI is InChI=1S/C16H29NO/c1-11-9-12(14(2,3)4)13(18)16(10-11,17-8)15(5,6)7/h9,17-18H,10H2,1-8H3. The first-order chi connectivity index (χ1) is 7.95. The van der Waals surface area contributed by atoms with Crippen LogP contribution in [0, 0.1) is 10.8 Å². The van der Waals surface area contributed by atoms with E-state index in [0.717, 1.165) is 12.0 Å². The van der Waals surface area contributed by atoms with E-state index in [9.17, 15) is 5.11 Å². The van der Waals surface area contributed by atoms with E-state index < -0.39 is 0 Å². The van der Waals surface area contributed by atoms with Crippen molar-refractivity contribution in [3.63, 3.8) is 0 Å². The third-order valence-corrected chi connectivity index (χ3v) is 4.11. The van der Waals surface area contributed by atoms with Gasteiger partial charge in [-0.2, -0.15) is 0 Å². The summed E-state index contributed by atoms with van der Waals surface area (Å²) in [5, 5.41) is 14.2. The highest BCUT2D eigenvalue weighted by atomic mass is 16.3. The van der Waals surface area contributed by atoms with Gasteiger partial charge in [0, 0.05) is 0 Å². The molecule has 104 valence electrons. The quantitative estimate of drug-likeness (QED) is 0.732. The maximum Gasteiger partial charge on any atom is 0.117 e. The Kier molecular flexibility index (Phi) is 3.75. The zero-order valence-electron chi connectivity index (χ0n) is 13.2. The average Bonchev–Trinajstić information content (AvgIpc) is 2.17. The normalized spacial score (nSPS) is 26.3. The molecule has 0 saturated carbocycles. The lowest BCUT2D eigenvalue weighted by atomic mass is 9.64. The predicted octanol–water partition coefficient (Wildman–Crippen LogP) is 4.20. The van der Waals surface area contributed by atoms with Crippen LogP contribution in [0.3, 0.4) is 0 Å². The number of aliphatic hydroxyl groups is 1. The van der Waals surface area contributed by atoms with Gasteiger partial charge in [0.2, 0.25) is 0 Å². The van der Waals surface area contributed by atoms with Gasteiger partial charge >= 0.3 is 0 Å². The van der Waals surface area contributed by atoms with Gasteiger partial charge in [-0.15, -0.1) is 0 Å². The summed E-state index contributed by atoms with van der Waals surface area (Å²) in [5.41, 5.74) is 1.92. The topological polar surface area (TPSA) is 32.3 Å². The molecule has 0 aliphatic heterocycles. The number of nitrogens with one attached hydrogen (secondary N) is 1. The van der Waals surface area contributed by atoms with Gasteiger partial charge in [0.05, 0.1) is 5.54 Å². The van der Waals surface area contributed by atoms with Crippen molar-refractivity contribution in [1.29, 1.82) is 0 Å². The lowest BCUT2D eigenvalue weighted by Crippen LogP contribution is -2.56. The van der Waals surface area contributed by atoms with Crippen molar-refractivity contribution in [1.82, 2.24) is 5.32 Å². The molecule has 2 heteroatoms. The van der Waals surface area contributed by atoms with E-state index in [1.807, 2.05) is 7.05 Å². The molecule has 0 aromatic heterocycles. The highest BCUT2D eigenvalue weighted by Crippen LogP contribution is 2.47. The second-order valence-corrected chi connectivity index (χ2v) is 7.59. The molecule has 0 radical (unpaired) electrons. The molecule has 1 atom stereocenters. The molecule has 1 aliphatic carbocycles. The molecule has 0 aromatic rings. The molecule has 0 spiro atoms. The minimum absolute atomic E-state index is 0.0425. The highest BCUT2D eigenvalue weighted by molar-refractivity contribution is 5.42. The van der Waals surface area contributed by atoms with Gasteiger partial charge in [0.1, 0.15) is 5.76 Å². The maximum atomic E-state index is 10.8. The van der Waals surface area contributed by atoms with Crippen LogP contribution in [0.15, 0.2) is 23.0 Å². The predicted molar refractivity (Wildman–Crippen MR) is 78.7 cm³/mol. The Bertz CT molecular complexity index is 390. The van der Waals surface area contributed by atoms with Crippen molar-refractivity contribution in [2.24, 2.45) is 10.8 Å². The average molecular weight is 251 g/mol. The summed E-state index contributed by atoms with van der Waals surface area (Å²) < 4.78 is 0. The third kappa shape index (κ3) is 2.35. The smallest absolute Gasteiger partial charge is 0.117 e. The molecule has 1 unspecified atom stereocenters. The van der Waals surface area contributed by atoms with Crippen LogP contribution >= 0.6 is 0 Å². The summed E-state index contributed by atoms with van der Waals surface area (Å²) in [4.78, 5) is 0. The van der Waals surface area contributed by atoms with Crippen LogP contribution in [0.4, 0.5) is 0 Å². The zero-order chi connectivity index (χ0) is 14.4. The second kappa shape index (κ2) is 4.41. The van der Waals surface area contributed by atoms with E-state index in [-0.39, 0.29) is 16.4 Å².